The van der Waals surface area contributed by atoms with Crippen LogP contribution in [0.1, 0.15) is 25.7 Å². The molecule has 3 heterocycles. The lowest BCUT2D eigenvalue weighted by atomic mass is 10.0. The molecule has 0 unspecified atom stereocenters. The van der Waals surface area contributed by atoms with Crippen LogP contribution in [0.2, 0.25) is 0 Å². The summed E-state index contributed by atoms with van der Waals surface area (Å²) in [5.41, 5.74) is 0.922. The van der Waals surface area contributed by atoms with Crippen molar-refractivity contribution in [2.24, 2.45) is 0 Å². The van der Waals surface area contributed by atoms with E-state index in [1.807, 2.05) is 12.1 Å². The maximum atomic E-state index is 12.5. The number of benzene rings is 1. The molecule has 0 radical (unpaired) electrons. The van der Waals surface area contributed by atoms with Gasteiger partial charge in [0, 0.05) is 18.1 Å². The molecule has 2 bridgehead atoms. The monoisotopic (exact) mass is 286 g/mol. The Hall–Kier alpha value is -2.08. The second-order valence-electron chi connectivity index (χ2n) is 6.04. The molecule has 1 amide bonds. The van der Waals surface area contributed by atoms with Crippen molar-refractivity contribution >= 4 is 17.1 Å². The van der Waals surface area contributed by atoms with Gasteiger partial charge in [-0.05, 0) is 37.8 Å². The lowest BCUT2D eigenvalue weighted by Gasteiger charge is -2.29. The second kappa shape index (κ2) is 4.73. The van der Waals surface area contributed by atoms with E-state index in [1.54, 1.807) is 12.1 Å². The predicted molar refractivity (Wildman–Crippen MR) is 79.5 cm³/mol. The number of hydrogen-bond acceptors (Lipinski definition) is 3. The number of nitrogens with one attached hydrogen (secondary N) is 3. The number of piperidine rings is 1. The molecule has 2 aliphatic rings. The van der Waals surface area contributed by atoms with Crippen LogP contribution < -0.4 is 16.3 Å². The third-order valence-electron chi connectivity index (χ3n) is 4.59. The number of hydrogen-bond donors (Lipinski definition) is 3. The highest BCUT2D eigenvalue weighted by Crippen LogP contribution is 2.26. The van der Waals surface area contributed by atoms with Crippen LogP contribution in [0.5, 0.6) is 0 Å². The fourth-order valence-corrected chi connectivity index (χ4v) is 3.67. The number of carbonyl (C=O) groups excluding carboxylic acids is 1. The average Bonchev–Trinajstić information content (AvgIpc) is 2.97. The van der Waals surface area contributed by atoms with Gasteiger partial charge in [0.05, 0.1) is 11.0 Å². The van der Waals surface area contributed by atoms with E-state index in [2.05, 4.69) is 15.6 Å². The summed E-state index contributed by atoms with van der Waals surface area (Å²) in [6.45, 7) is 0. The van der Waals surface area contributed by atoms with Gasteiger partial charge < -0.3 is 15.6 Å². The predicted octanol–water partition coefficient (Wildman–Crippen LogP) is 1.17. The Morgan fingerprint density at radius 1 is 1.19 bits per heavy atom. The van der Waals surface area contributed by atoms with Gasteiger partial charge in [-0.1, -0.05) is 12.1 Å². The van der Waals surface area contributed by atoms with E-state index in [4.69, 9.17) is 0 Å². The Kier molecular flexibility index (Phi) is 2.85. The van der Waals surface area contributed by atoms with E-state index < -0.39 is 0 Å². The maximum absolute atomic E-state index is 12.5. The molecule has 6 nitrogen and oxygen atoms in total. The van der Waals surface area contributed by atoms with Crippen molar-refractivity contribution in [1.82, 2.24) is 20.2 Å². The summed E-state index contributed by atoms with van der Waals surface area (Å²) < 4.78 is 1.19. The first-order valence-electron chi connectivity index (χ1n) is 7.47. The van der Waals surface area contributed by atoms with E-state index in [1.165, 1.54) is 17.4 Å². The summed E-state index contributed by atoms with van der Waals surface area (Å²) in [6.07, 6.45) is 4.26. The van der Waals surface area contributed by atoms with Gasteiger partial charge in [0.25, 0.3) is 0 Å². The van der Waals surface area contributed by atoms with Gasteiger partial charge in [0.15, 0.2) is 0 Å². The van der Waals surface area contributed by atoms with E-state index in [9.17, 15) is 9.59 Å². The van der Waals surface area contributed by atoms with Gasteiger partial charge in [-0.3, -0.25) is 0 Å². The Morgan fingerprint density at radius 2 is 1.90 bits per heavy atom. The van der Waals surface area contributed by atoms with Crippen molar-refractivity contribution in [1.29, 1.82) is 0 Å². The smallest absolute Gasteiger partial charge is 0.334 e. The van der Waals surface area contributed by atoms with Crippen molar-refractivity contribution in [3.8, 4) is 0 Å². The zero-order valence-electron chi connectivity index (χ0n) is 11.6. The van der Waals surface area contributed by atoms with Crippen LogP contribution in [0.3, 0.4) is 0 Å². The number of aromatic amines is 1. The summed E-state index contributed by atoms with van der Waals surface area (Å²) in [5.74, 6) is 0. The average molecular weight is 286 g/mol. The van der Waals surface area contributed by atoms with Crippen molar-refractivity contribution in [2.75, 3.05) is 0 Å². The van der Waals surface area contributed by atoms with E-state index in [0.29, 0.717) is 23.1 Å². The van der Waals surface area contributed by atoms with E-state index >= 15 is 0 Å². The Bertz CT molecular complexity index is 735. The third-order valence-corrected chi connectivity index (χ3v) is 4.59. The molecular weight excluding hydrogens is 268 g/mol. The second-order valence-corrected chi connectivity index (χ2v) is 6.04. The van der Waals surface area contributed by atoms with Crippen LogP contribution in [0, 0.1) is 0 Å². The molecule has 1 aromatic heterocycles. The molecule has 6 heteroatoms. The number of carbonyl (C=O) groups is 1. The minimum Gasteiger partial charge on any atom is -0.334 e. The minimum atomic E-state index is -0.384. The molecule has 0 spiro atoms. The van der Waals surface area contributed by atoms with Gasteiger partial charge in [-0.2, -0.15) is 0 Å². The fraction of sp³-hybridized carbons (Fsp3) is 0.467. The van der Waals surface area contributed by atoms with Crippen molar-refractivity contribution in [3.05, 3.63) is 34.7 Å². The highest BCUT2D eigenvalue weighted by atomic mass is 16.2. The largest absolute Gasteiger partial charge is 0.334 e. The molecule has 2 fully saturated rings. The molecule has 1 aromatic carbocycles. The van der Waals surface area contributed by atoms with Crippen molar-refractivity contribution in [3.63, 3.8) is 0 Å². The Balaban J connectivity index is 1.59. The summed E-state index contributed by atoms with van der Waals surface area (Å²) in [4.78, 5) is 27.2. The molecular formula is C15H18N4O2. The molecule has 2 saturated heterocycles. The van der Waals surface area contributed by atoms with Crippen molar-refractivity contribution in [2.45, 2.75) is 43.8 Å². The molecule has 2 aromatic rings. The van der Waals surface area contributed by atoms with Crippen LogP contribution in [-0.2, 0) is 0 Å². The molecule has 4 rings (SSSR count). The number of H-pyrrole nitrogens is 1. The number of aromatic nitrogens is 2. The summed E-state index contributed by atoms with van der Waals surface area (Å²) >= 11 is 0. The maximum Gasteiger partial charge on any atom is 0.334 e. The van der Waals surface area contributed by atoms with Gasteiger partial charge in [0.1, 0.15) is 0 Å². The quantitative estimate of drug-likeness (QED) is 0.736. The molecule has 2 aliphatic heterocycles. The van der Waals surface area contributed by atoms with Crippen LogP contribution in [0.15, 0.2) is 29.1 Å². The summed E-state index contributed by atoms with van der Waals surface area (Å²) in [6, 6.07) is 8.07. The molecule has 3 atom stereocenters. The van der Waals surface area contributed by atoms with Gasteiger partial charge >= 0.3 is 11.7 Å². The first kappa shape index (κ1) is 12.6. The fourth-order valence-electron chi connectivity index (χ4n) is 3.67. The van der Waals surface area contributed by atoms with Crippen LogP contribution in [0.4, 0.5) is 4.79 Å². The number of fused-ring (bicyclic) bond motifs is 3. The number of para-hydroxylation sites is 2. The first-order chi connectivity index (χ1) is 10.2. The number of imidazole rings is 1. The van der Waals surface area contributed by atoms with Gasteiger partial charge in [-0.25, -0.2) is 14.2 Å². The summed E-state index contributed by atoms with van der Waals surface area (Å²) in [5, 5.41) is 6.56. The molecule has 110 valence electrons. The SMILES string of the molecule is O=C(N[C@H]1C[C@H]2CC[C@@H](C1)N2)n1c(=O)[nH]c2ccccc21. The lowest BCUT2D eigenvalue weighted by Crippen LogP contribution is -2.49. The number of nitrogens with zero attached hydrogens (tertiary/aromatic N) is 1. The van der Waals surface area contributed by atoms with Crippen LogP contribution >= 0.6 is 0 Å². The Labute approximate surface area is 121 Å². The normalized spacial score (nSPS) is 27.9. The standard InChI is InChI=1S/C15H18N4O2/c20-14(17-11-7-9-5-6-10(8-11)16-9)19-13-4-2-1-3-12(13)18-15(19)21/h1-4,9-11,16H,5-8H2,(H,17,20)(H,18,21)/t9-,10+,11+. The van der Waals surface area contributed by atoms with E-state index in [0.717, 1.165) is 12.8 Å². The lowest BCUT2D eigenvalue weighted by molar-refractivity contribution is 0.231. The zero-order chi connectivity index (χ0) is 14.4. The highest BCUT2D eigenvalue weighted by Gasteiger charge is 2.34. The number of amides is 1. The summed E-state index contributed by atoms with van der Waals surface area (Å²) in [7, 11) is 0. The van der Waals surface area contributed by atoms with Gasteiger partial charge in [0.2, 0.25) is 0 Å². The van der Waals surface area contributed by atoms with Crippen LogP contribution in [0.25, 0.3) is 11.0 Å². The van der Waals surface area contributed by atoms with Crippen LogP contribution in [-0.4, -0.2) is 33.7 Å². The topological polar surface area (TPSA) is 78.9 Å². The van der Waals surface area contributed by atoms with Gasteiger partial charge in [-0.15, -0.1) is 0 Å². The Morgan fingerprint density at radius 3 is 2.67 bits per heavy atom. The number of rotatable bonds is 1. The zero-order valence-corrected chi connectivity index (χ0v) is 11.6. The first-order valence-corrected chi connectivity index (χ1v) is 7.47. The van der Waals surface area contributed by atoms with Crippen molar-refractivity contribution < 1.29 is 4.79 Å². The highest BCUT2D eigenvalue weighted by molar-refractivity contribution is 5.89. The molecule has 3 N–H and O–H groups in total. The minimum absolute atomic E-state index is 0.150. The molecule has 21 heavy (non-hydrogen) atoms. The third kappa shape index (κ3) is 2.15. The van der Waals surface area contributed by atoms with E-state index in [-0.39, 0.29) is 17.8 Å². The molecule has 0 saturated carbocycles. The molecule has 0 aliphatic carbocycles.